The number of benzene rings is 1. The van der Waals surface area contributed by atoms with Crippen molar-refractivity contribution in [3.8, 4) is 0 Å². The van der Waals surface area contributed by atoms with Gasteiger partial charge in [0.2, 0.25) is 0 Å². The molecule has 0 unspecified atom stereocenters. The van der Waals surface area contributed by atoms with Gasteiger partial charge in [0.25, 0.3) is 5.91 Å². The van der Waals surface area contributed by atoms with Gasteiger partial charge in [0.1, 0.15) is 5.69 Å². The molecule has 0 bridgehead atoms. The standard InChI is InChI=1S/C19H24ClN5OS/c1-5-24(6-2)9-10-25(18(26)17-13(3)12-21-23(17)4)19-22-15-8-7-14(20)11-16(15)27-19/h7-8,11-12H,5-6,9-10H2,1-4H3. The van der Waals surface area contributed by atoms with Crippen molar-refractivity contribution in [2.24, 2.45) is 7.05 Å². The van der Waals surface area contributed by atoms with Gasteiger partial charge in [0, 0.05) is 25.2 Å². The second kappa shape index (κ2) is 8.37. The minimum Gasteiger partial charge on any atom is -0.302 e. The molecule has 0 atom stereocenters. The third-order valence-electron chi connectivity index (χ3n) is 4.67. The molecular weight excluding hydrogens is 382 g/mol. The predicted octanol–water partition coefficient (Wildman–Crippen LogP) is 3.98. The molecule has 1 aromatic carbocycles. The zero-order valence-corrected chi connectivity index (χ0v) is 17.6. The van der Waals surface area contributed by atoms with E-state index < -0.39 is 0 Å². The average molecular weight is 406 g/mol. The van der Waals surface area contributed by atoms with Crippen LogP contribution in [0.4, 0.5) is 5.13 Å². The molecule has 0 saturated heterocycles. The normalized spacial score (nSPS) is 11.5. The molecule has 0 aliphatic rings. The smallest absolute Gasteiger partial charge is 0.278 e. The van der Waals surface area contributed by atoms with Gasteiger partial charge >= 0.3 is 0 Å². The maximum atomic E-state index is 13.4. The third kappa shape index (κ3) is 4.15. The Balaban J connectivity index is 1.99. The lowest BCUT2D eigenvalue weighted by molar-refractivity contribution is 0.0974. The molecule has 1 amide bonds. The lowest BCUT2D eigenvalue weighted by atomic mass is 10.2. The van der Waals surface area contributed by atoms with E-state index >= 15 is 0 Å². The first-order chi connectivity index (χ1) is 12.9. The highest BCUT2D eigenvalue weighted by Gasteiger charge is 2.25. The summed E-state index contributed by atoms with van der Waals surface area (Å²) >= 11 is 7.60. The summed E-state index contributed by atoms with van der Waals surface area (Å²) in [7, 11) is 1.79. The second-order valence-corrected chi connectivity index (χ2v) is 7.84. The number of aryl methyl sites for hydroxylation is 2. The van der Waals surface area contributed by atoms with Gasteiger partial charge in [-0.2, -0.15) is 5.10 Å². The largest absolute Gasteiger partial charge is 0.302 e. The van der Waals surface area contributed by atoms with E-state index in [4.69, 9.17) is 16.6 Å². The predicted molar refractivity (Wildman–Crippen MR) is 112 cm³/mol. The molecule has 0 fully saturated rings. The number of thiazole rings is 1. The molecule has 27 heavy (non-hydrogen) atoms. The molecule has 8 heteroatoms. The van der Waals surface area contributed by atoms with Gasteiger partial charge in [-0.05, 0) is 43.8 Å². The average Bonchev–Trinajstić information content (AvgIpc) is 3.20. The molecule has 3 rings (SSSR count). The van der Waals surface area contributed by atoms with Crippen molar-refractivity contribution in [2.75, 3.05) is 31.1 Å². The van der Waals surface area contributed by atoms with E-state index in [0.717, 1.165) is 35.4 Å². The van der Waals surface area contributed by atoms with E-state index in [2.05, 4.69) is 23.8 Å². The lowest BCUT2D eigenvalue weighted by Gasteiger charge is -2.25. The minimum absolute atomic E-state index is 0.0789. The van der Waals surface area contributed by atoms with Crippen LogP contribution in [0.1, 0.15) is 29.9 Å². The topological polar surface area (TPSA) is 54.3 Å². The third-order valence-corrected chi connectivity index (χ3v) is 5.95. The number of nitrogens with zero attached hydrogens (tertiary/aromatic N) is 5. The molecule has 0 radical (unpaired) electrons. The van der Waals surface area contributed by atoms with Crippen LogP contribution in [0.5, 0.6) is 0 Å². The molecule has 6 nitrogen and oxygen atoms in total. The lowest BCUT2D eigenvalue weighted by Crippen LogP contribution is -2.39. The maximum absolute atomic E-state index is 13.4. The molecule has 2 heterocycles. The summed E-state index contributed by atoms with van der Waals surface area (Å²) in [5.74, 6) is -0.0789. The van der Waals surface area contributed by atoms with Crippen molar-refractivity contribution in [1.29, 1.82) is 0 Å². The van der Waals surface area contributed by atoms with Gasteiger partial charge in [-0.15, -0.1) is 0 Å². The van der Waals surface area contributed by atoms with Gasteiger partial charge in [-0.3, -0.25) is 14.4 Å². The van der Waals surface area contributed by atoms with Gasteiger partial charge in [-0.1, -0.05) is 36.8 Å². The molecule has 2 aromatic heterocycles. The van der Waals surface area contributed by atoms with Crippen LogP contribution in [0.15, 0.2) is 24.4 Å². The van der Waals surface area contributed by atoms with Crippen molar-refractivity contribution in [2.45, 2.75) is 20.8 Å². The number of hydrogen-bond acceptors (Lipinski definition) is 5. The molecule has 0 N–H and O–H groups in total. The SMILES string of the molecule is CCN(CC)CCN(C(=O)c1c(C)cnn1C)c1nc2ccc(Cl)cc2s1. The summed E-state index contributed by atoms with van der Waals surface area (Å²) in [6.07, 6.45) is 1.72. The highest BCUT2D eigenvalue weighted by atomic mass is 35.5. The molecule has 0 saturated carbocycles. The Labute approximate surface area is 168 Å². The van der Waals surface area contributed by atoms with Gasteiger partial charge in [-0.25, -0.2) is 4.98 Å². The van der Waals surface area contributed by atoms with E-state index in [1.165, 1.54) is 11.3 Å². The van der Waals surface area contributed by atoms with Gasteiger partial charge in [0.05, 0.1) is 16.4 Å². The fourth-order valence-electron chi connectivity index (χ4n) is 3.05. The summed E-state index contributed by atoms with van der Waals surface area (Å²) in [4.78, 5) is 22.1. The molecular formula is C19H24ClN5OS. The van der Waals surface area contributed by atoms with Crippen LogP contribution in [0.3, 0.4) is 0 Å². The summed E-state index contributed by atoms with van der Waals surface area (Å²) < 4.78 is 2.60. The summed E-state index contributed by atoms with van der Waals surface area (Å²) in [6.45, 7) is 9.39. The Morgan fingerprint density at radius 3 is 2.63 bits per heavy atom. The Hall–Kier alpha value is -1.96. The number of carbonyl (C=O) groups is 1. The van der Waals surface area contributed by atoms with Crippen molar-refractivity contribution < 1.29 is 4.79 Å². The van der Waals surface area contributed by atoms with E-state index in [1.807, 2.05) is 25.1 Å². The second-order valence-electron chi connectivity index (χ2n) is 6.39. The van der Waals surface area contributed by atoms with Gasteiger partial charge < -0.3 is 4.90 Å². The van der Waals surface area contributed by atoms with E-state index in [9.17, 15) is 4.79 Å². The number of fused-ring (bicyclic) bond motifs is 1. The summed E-state index contributed by atoms with van der Waals surface area (Å²) in [5, 5.41) is 5.57. The van der Waals surface area contributed by atoms with Crippen molar-refractivity contribution in [3.05, 3.63) is 40.7 Å². The fraction of sp³-hybridized carbons (Fsp3) is 0.421. The van der Waals surface area contributed by atoms with Crippen LogP contribution >= 0.6 is 22.9 Å². The Morgan fingerprint density at radius 1 is 1.26 bits per heavy atom. The Morgan fingerprint density at radius 2 is 2.00 bits per heavy atom. The monoisotopic (exact) mass is 405 g/mol. The van der Waals surface area contributed by atoms with Crippen LogP contribution in [0.25, 0.3) is 10.2 Å². The number of carbonyl (C=O) groups excluding carboxylic acids is 1. The number of hydrogen-bond donors (Lipinski definition) is 0. The number of amides is 1. The first-order valence-corrected chi connectivity index (χ1v) is 10.2. The number of halogens is 1. The van der Waals surface area contributed by atoms with Crippen molar-refractivity contribution in [1.82, 2.24) is 19.7 Å². The molecule has 0 aliphatic carbocycles. The zero-order valence-electron chi connectivity index (χ0n) is 16.1. The molecule has 0 spiro atoms. The Kier molecular flexibility index (Phi) is 6.14. The van der Waals surface area contributed by atoms with E-state index in [-0.39, 0.29) is 5.91 Å². The van der Waals surface area contributed by atoms with Crippen LogP contribution in [-0.4, -0.2) is 51.8 Å². The zero-order chi connectivity index (χ0) is 19.6. The summed E-state index contributed by atoms with van der Waals surface area (Å²) in [6, 6.07) is 5.60. The van der Waals surface area contributed by atoms with Crippen molar-refractivity contribution in [3.63, 3.8) is 0 Å². The highest BCUT2D eigenvalue weighted by Crippen LogP contribution is 2.31. The Bertz CT molecular complexity index is 927. The number of aromatic nitrogens is 3. The number of likely N-dealkylation sites (N-methyl/N-ethyl adjacent to an activating group) is 1. The minimum atomic E-state index is -0.0789. The van der Waals surface area contributed by atoms with Crippen LogP contribution in [0.2, 0.25) is 5.02 Å². The van der Waals surface area contributed by atoms with E-state index in [1.54, 1.807) is 22.8 Å². The molecule has 0 aliphatic heterocycles. The molecule has 144 valence electrons. The fourth-order valence-corrected chi connectivity index (χ4v) is 4.32. The van der Waals surface area contributed by atoms with Crippen LogP contribution < -0.4 is 4.90 Å². The first-order valence-electron chi connectivity index (χ1n) is 9.03. The van der Waals surface area contributed by atoms with Crippen LogP contribution in [-0.2, 0) is 7.05 Å². The summed E-state index contributed by atoms with van der Waals surface area (Å²) in [5.41, 5.74) is 2.30. The number of anilines is 1. The first kappa shape index (κ1) is 19.8. The maximum Gasteiger partial charge on any atom is 0.278 e. The highest BCUT2D eigenvalue weighted by molar-refractivity contribution is 7.22. The van der Waals surface area contributed by atoms with Gasteiger partial charge in [0.15, 0.2) is 5.13 Å². The van der Waals surface area contributed by atoms with E-state index in [0.29, 0.717) is 22.4 Å². The van der Waals surface area contributed by atoms with Crippen molar-refractivity contribution >= 4 is 44.2 Å². The van der Waals surface area contributed by atoms with Crippen LogP contribution in [0, 0.1) is 6.92 Å². The quantitative estimate of drug-likeness (QED) is 0.596. The number of rotatable bonds is 7. The molecule has 3 aromatic rings.